The van der Waals surface area contributed by atoms with Crippen LogP contribution in [-0.2, 0) is 11.2 Å². The molecular formula is C18H23N3OS. The first-order chi connectivity index (χ1) is 11.2. The van der Waals surface area contributed by atoms with Crippen molar-refractivity contribution in [3.63, 3.8) is 0 Å². The number of aryl methyl sites for hydroxylation is 1. The Bertz CT molecular complexity index is 648. The minimum absolute atomic E-state index is 0.232. The molecule has 1 fully saturated rings. The molecule has 23 heavy (non-hydrogen) atoms. The van der Waals surface area contributed by atoms with Gasteiger partial charge in [0.2, 0.25) is 5.91 Å². The maximum atomic E-state index is 12.2. The second-order valence-corrected chi connectivity index (χ2v) is 7.20. The van der Waals surface area contributed by atoms with E-state index in [-0.39, 0.29) is 11.8 Å². The molecule has 0 bridgehead atoms. The van der Waals surface area contributed by atoms with Crippen molar-refractivity contribution in [2.45, 2.75) is 45.4 Å². The molecule has 0 radical (unpaired) electrons. The highest BCUT2D eigenvalue weighted by Gasteiger charge is 2.20. The zero-order valence-electron chi connectivity index (χ0n) is 13.5. The van der Waals surface area contributed by atoms with Crippen LogP contribution in [-0.4, -0.2) is 22.4 Å². The molecule has 0 aromatic carbocycles. The van der Waals surface area contributed by atoms with Gasteiger partial charge < -0.3 is 5.32 Å². The number of pyridine rings is 1. The molecule has 2 aromatic rings. The van der Waals surface area contributed by atoms with Gasteiger partial charge in [-0.3, -0.25) is 9.78 Å². The third-order valence-electron chi connectivity index (χ3n) is 4.40. The van der Waals surface area contributed by atoms with E-state index in [1.807, 2.05) is 25.1 Å². The highest BCUT2D eigenvalue weighted by molar-refractivity contribution is 7.15. The largest absolute Gasteiger partial charge is 0.356 e. The van der Waals surface area contributed by atoms with Crippen molar-refractivity contribution in [3.8, 4) is 10.7 Å². The molecule has 2 aromatic heterocycles. The number of hydrogen-bond donors (Lipinski definition) is 1. The average molecular weight is 329 g/mol. The third-order valence-corrected chi connectivity index (χ3v) is 5.64. The molecule has 3 rings (SSSR count). The molecule has 1 aliphatic carbocycles. The van der Waals surface area contributed by atoms with E-state index in [0.29, 0.717) is 6.54 Å². The van der Waals surface area contributed by atoms with Gasteiger partial charge in [-0.2, -0.15) is 0 Å². The minimum atomic E-state index is 0.232. The molecule has 1 amide bonds. The van der Waals surface area contributed by atoms with Gasteiger partial charge >= 0.3 is 0 Å². The van der Waals surface area contributed by atoms with Crippen LogP contribution in [0.1, 0.15) is 42.7 Å². The Morgan fingerprint density at radius 2 is 2.13 bits per heavy atom. The highest BCUT2D eigenvalue weighted by Crippen LogP contribution is 2.27. The van der Waals surface area contributed by atoms with Crippen molar-refractivity contribution < 1.29 is 4.79 Å². The summed E-state index contributed by atoms with van der Waals surface area (Å²) < 4.78 is 0. The lowest BCUT2D eigenvalue weighted by Crippen LogP contribution is -2.33. The molecule has 2 heterocycles. The number of thiazole rings is 1. The maximum Gasteiger partial charge on any atom is 0.223 e. The van der Waals surface area contributed by atoms with Gasteiger partial charge in [0.15, 0.2) is 0 Å². The van der Waals surface area contributed by atoms with Crippen molar-refractivity contribution >= 4 is 17.2 Å². The summed E-state index contributed by atoms with van der Waals surface area (Å²) in [6, 6.07) is 5.86. The lowest BCUT2D eigenvalue weighted by atomic mass is 9.89. The lowest BCUT2D eigenvalue weighted by molar-refractivity contribution is -0.125. The number of nitrogens with zero attached hydrogens (tertiary/aromatic N) is 2. The lowest BCUT2D eigenvalue weighted by Gasteiger charge is -2.20. The smallest absolute Gasteiger partial charge is 0.223 e. The van der Waals surface area contributed by atoms with E-state index in [1.54, 1.807) is 17.5 Å². The fraction of sp³-hybridized carbons (Fsp3) is 0.500. The molecule has 4 nitrogen and oxygen atoms in total. The first kappa shape index (κ1) is 16.1. The van der Waals surface area contributed by atoms with Crippen LogP contribution in [0.2, 0.25) is 0 Å². The number of carbonyl (C=O) groups excluding carboxylic acids is 1. The average Bonchev–Trinajstić information content (AvgIpc) is 2.97. The summed E-state index contributed by atoms with van der Waals surface area (Å²) in [5.74, 6) is 0.465. The minimum Gasteiger partial charge on any atom is -0.356 e. The van der Waals surface area contributed by atoms with Crippen LogP contribution in [0, 0.1) is 12.8 Å². The van der Waals surface area contributed by atoms with Crippen molar-refractivity contribution in [3.05, 3.63) is 35.0 Å². The van der Waals surface area contributed by atoms with E-state index in [4.69, 9.17) is 0 Å². The molecule has 0 spiro atoms. The number of rotatable bonds is 5. The van der Waals surface area contributed by atoms with Gasteiger partial charge in [-0.1, -0.05) is 25.3 Å². The van der Waals surface area contributed by atoms with Crippen LogP contribution in [0.4, 0.5) is 0 Å². The number of amides is 1. The van der Waals surface area contributed by atoms with Crippen molar-refractivity contribution in [1.29, 1.82) is 0 Å². The Hall–Kier alpha value is -1.75. The summed E-state index contributed by atoms with van der Waals surface area (Å²) in [5.41, 5.74) is 1.96. The van der Waals surface area contributed by atoms with E-state index in [1.165, 1.54) is 24.1 Å². The Morgan fingerprint density at radius 3 is 2.87 bits per heavy atom. The molecule has 1 aliphatic rings. The van der Waals surface area contributed by atoms with Crippen molar-refractivity contribution in [2.75, 3.05) is 6.54 Å². The highest BCUT2D eigenvalue weighted by atomic mass is 32.1. The van der Waals surface area contributed by atoms with Crippen LogP contribution >= 0.6 is 11.3 Å². The maximum absolute atomic E-state index is 12.2. The molecule has 0 atom stereocenters. The summed E-state index contributed by atoms with van der Waals surface area (Å²) in [4.78, 5) is 22.4. The van der Waals surface area contributed by atoms with Gasteiger partial charge in [0.25, 0.3) is 0 Å². The normalized spacial score (nSPS) is 15.5. The molecule has 1 saturated carbocycles. The second-order valence-electron chi connectivity index (χ2n) is 6.12. The number of carbonyl (C=O) groups is 1. The fourth-order valence-corrected chi connectivity index (χ4v) is 4.11. The van der Waals surface area contributed by atoms with Crippen LogP contribution in [0.5, 0.6) is 0 Å². The van der Waals surface area contributed by atoms with E-state index >= 15 is 0 Å². The molecule has 0 unspecified atom stereocenters. The summed E-state index contributed by atoms with van der Waals surface area (Å²) in [7, 11) is 0. The second kappa shape index (κ2) is 7.68. The summed E-state index contributed by atoms with van der Waals surface area (Å²) in [6.45, 7) is 2.72. The van der Waals surface area contributed by atoms with Crippen LogP contribution in [0.15, 0.2) is 24.4 Å². The van der Waals surface area contributed by atoms with Gasteiger partial charge in [-0.25, -0.2) is 4.98 Å². The summed E-state index contributed by atoms with van der Waals surface area (Å²) >= 11 is 1.67. The Morgan fingerprint density at radius 1 is 1.30 bits per heavy atom. The van der Waals surface area contributed by atoms with Crippen molar-refractivity contribution in [2.24, 2.45) is 5.92 Å². The predicted octanol–water partition coefficient (Wildman–Crippen LogP) is 3.75. The standard InChI is InChI=1S/C18H23N3OS/c1-13-16(23-18(21-13)15-9-5-6-11-19-15)10-12-20-17(22)14-7-3-2-4-8-14/h5-6,9,11,14H,2-4,7-8,10,12H2,1H3,(H,20,22). The van der Waals surface area contributed by atoms with Crippen LogP contribution in [0.25, 0.3) is 10.7 Å². The van der Waals surface area contributed by atoms with Gasteiger partial charge in [0.1, 0.15) is 5.01 Å². The first-order valence-corrected chi connectivity index (χ1v) is 9.21. The van der Waals surface area contributed by atoms with E-state index in [9.17, 15) is 4.79 Å². The van der Waals surface area contributed by atoms with Crippen LogP contribution in [0.3, 0.4) is 0 Å². The molecule has 5 heteroatoms. The molecule has 1 N–H and O–H groups in total. The zero-order chi connectivity index (χ0) is 16.1. The van der Waals surface area contributed by atoms with Crippen LogP contribution < -0.4 is 5.32 Å². The zero-order valence-corrected chi connectivity index (χ0v) is 14.4. The quantitative estimate of drug-likeness (QED) is 0.909. The molecular weight excluding hydrogens is 306 g/mol. The van der Waals surface area contributed by atoms with E-state index in [2.05, 4.69) is 15.3 Å². The molecule has 0 aliphatic heterocycles. The number of nitrogens with one attached hydrogen (secondary N) is 1. The fourth-order valence-electron chi connectivity index (χ4n) is 3.07. The Balaban J connectivity index is 1.54. The summed E-state index contributed by atoms with van der Waals surface area (Å²) in [6.07, 6.45) is 8.40. The topological polar surface area (TPSA) is 54.9 Å². The van der Waals surface area contributed by atoms with Gasteiger partial charge in [0, 0.05) is 30.0 Å². The van der Waals surface area contributed by atoms with Gasteiger partial charge in [-0.05, 0) is 31.9 Å². The van der Waals surface area contributed by atoms with Gasteiger partial charge in [-0.15, -0.1) is 11.3 Å². The predicted molar refractivity (Wildman–Crippen MR) is 93.4 cm³/mol. The summed E-state index contributed by atoms with van der Waals surface area (Å²) in [5, 5.41) is 4.06. The Kier molecular flexibility index (Phi) is 5.39. The molecule has 122 valence electrons. The SMILES string of the molecule is Cc1nc(-c2ccccn2)sc1CCNC(=O)C1CCCCC1. The first-order valence-electron chi connectivity index (χ1n) is 8.39. The molecule has 0 saturated heterocycles. The number of aromatic nitrogens is 2. The van der Waals surface area contributed by atoms with Crippen molar-refractivity contribution in [1.82, 2.24) is 15.3 Å². The van der Waals surface area contributed by atoms with E-state index < -0.39 is 0 Å². The van der Waals surface area contributed by atoms with Gasteiger partial charge in [0.05, 0.1) is 11.4 Å². The number of hydrogen-bond acceptors (Lipinski definition) is 4. The third kappa shape index (κ3) is 4.16. The Labute approximate surface area is 141 Å². The monoisotopic (exact) mass is 329 g/mol. The van der Waals surface area contributed by atoms with E-state index in [0.717, 1.165) is 35.7 Å².